The highest BCUT2D eigenvalue weighted by molar-refractivity contribution is 5.73. The largest absolute Gasteiger partial charge is 0.388 e. The highest BCUT2D eigenvalue weighted by atomic mass is 16.1. The summed E-state index contributed by atoms with van der Waals surface area (Å²) in [5, 5.41) is 3.13. The molecule has 2 rings (SSSR count). The van der Waals surface area contributed by atoms with E-state index in [0.717, 1.165) is 23.1 Å². The Kier molecular flexibility index (Phi) is 3.78. The molecule has 2 nitrogen and oxygen atoms in total. The van der Waals surface area contributed by atoms with Gasteiger partial charge in [-0.1, -0.05) is 48.0 Å². The SMILES string of the molecule is CNc1ccccc1C(C=O)c1ccc(C)cc1. The molecule has 18 heavy (non-hydrogen) atoms. The molecule has 0 fully saturated rings. The van der Waals surface area contributed by atoms with E-state index in [0.29, 0.717) is 0 Å². The molecule has 0 amide bonds. The number of carbonyl (C=O) groups is 1. The summed E-state index contributed by atoms with van der Waals surface area (Å²) in [6, 6.07) is 16.0. The van der Waals surface area contributed by atoms with E-state index in [1.165, 1.54) is 5.56 Å². The maximum absolute atomic E-state index is 11.4. The van der Waals surface area contributed by atoms with Gasteiger partial charge in [0.1, 0.15) is 6.29 Å². The Bertz CT molecular complexity index is 531. The van der Waals surface area contributed by atoms with Crippen molar-refractivity contribution in [1.82, 2.24) is 0 Å². The molecule has 2 heteroatoms. The molecule has 0 spiro atoms. The molecule has 2 aromatic rings. The molecule has 0 saturated carbocycles. The molecule has 0 bridgehead atoms. The van der Waals surface area contributed by atoms with E-state index < -0.39 is 0 Å². The standard InChI is InChI=1S/C16H17NO/c1-12-7-9-13(10-8-12)15(11-18)14-5-3-4-6-16(14)17-2/h3-11,15,17H,1-2H3. The first-order chi connectivity index (χ1) is 8.76. The van der Waals surface area contributed by atoms with Crippen LogP contribution in [0, 0.1) is 6.92 Å². The number of benzene rings is 2. The number of para-hydroxylation sites is 1. The van der Waals surface area contributed by atoms with Crippen LogP contribution in [-0.2, 0) is 4.79 Å². The van der Waals surface area contributed by atoms with E-state index in [2.05, 4.69) is 5.32 Å². The van der Waals surface area contributed by atoms with Crippen molar-refractivity contribution in [3.05, 3.63) is 65.2 Å². The maximum Gasteiger partial charge on any atom is 0.131 e. The van der Waals surface area contributed by atoms with Crippen LogP contribution in [0.5, 0.6) is 0 Å². The summed E-state index contributed by atoms with van der Waals surface area (Å²) in [6.45, 7) is 2.04. The van der Waals surface area contributed by atoms with Crippen molar-refractivity contribution in [3.63, 3.8) is 0 Å². The quantitative estimate of drug-likeness (QED) is 0.829. The Balaban J connectivity index is 2.45. The van der Waals surface area contributed by atoms with Gasteiger partial charge in [-0.2, -0.15) is 0 Å². The fourth-order valence-electron chi connectivity index (χ4n) is 2.10. The molecule has 0 aliphatic heterocycles. The molecule has 0 saturated heterocycles. The first kappa shape index (κ1) is 12.4. The minimum atomic E-state index is -0.214. The molecule has 1 N–H and O–H groups in total. The van der Waals surface area contributed by atoms with E-state index in [4.69, 9.17) is 0 Å². The summed E-state index contributed by atoms with van der Waals surface area (Å²) in [7, 11) is 1.87. The second-order valence-corrected chi connectivity index (χ2v) is 4.36. The monoisotopic (exact) mass is 239 g/mol. The van der Waals surface area contributed by atoms with Gasteiger partial charge in [0.2, 0.25) is 0 Å². The number of anilines is 1. The Morgan fingerprint density at radius 2 is 1.72 bits per heavy atom. The van der Waals surface area contributed by atoms with Crippen LogP contribution in [0.1, 0.15) is 22.6 Å². The topological polar surface area (TPSA) is 29.1 Å². The zero-order valence-electron chi connectivity index (χ0n) is 10.7. The van der Waals surface area contributed by atoms with Gasteiger partial charge >= 0.3 is 0 Å². The lowest BCUT2D eigenvalue weighted by atomic mass is 9.91. The number of carbonyl (C=O) groups excluding carboxylic acids is 1. The van der Waals surface area contributed by atoms with Gasteiger partial charge in [-0.15, -0.1) is 0 Å². The molecular formula is C16H17NO. The summed E-state index contributed by atoms with van der Waals surface area (Å²) in [5.74, 6) is -0.214. The summed E-state index contributed by atoms with van der Waals surface area (Å²) < 4.78 is 0. The fourth-order valence-corrected chi connectivity index (χ4v) is 2.10. The third-order valence-electron chi connectivity index (χ3n) is 3.14. The highest BCUT2D eigenvalue weighted by Crippen LogP contribution is 2.28. The van der Waals surface area contributed by atoms with Crippen molar-refractivity contribution >= 4 is 12.0 Å². The number of nitrogens with one attached hydrogen (secondary N) is 1. The normalized spacial score (nSPS) is 11.9. The van der Waals surface area contributed by atoms with Crippen LogP contribution in [0.2, 0.25) is 0 Å². The molecule has 0 radical (unpaired) electrons. The van der Waals surface area contributed by atoms with Gasteiger partial charge in [0.05, 0.1) is 5.92 Å². The minimum absolute atomic E-state index is 0.214. The third-order valence-corrected chi connectivity index (χ3v) is 3.14. The van der Waals surface area contributed by atoms with Gasteiger partial charge in [0, 0.05) is 12.7 Å². The molecule has 2 aromatic carbocycles. The van der Waals surface area contributed by atoms with Crippen molar-refractivity contribution in [2.24, 2.45) is 0 Å². The van der Waals surface area contributed by atoms with Crippen LogP contribution in [0.15, 0.2) is 48.5 Å². The van der Waals surface area contributed by atoms with Gasteiger partial charge in [-0.05, 0) is 24.1 Å². The Labute approximate surface area is 108 Å². The van der Waals surface area contributed by atoms with E-state index in [-0.39, 0.29) is 5.92 Å². The van der Waals surface area contributed by atoms with Crippen molar-refractivity contribution in [3.8, 4) is 0 Å². The maximum atomic E-state index is 11.4. The van der Waals surface area contributed by atoms with E-state index in [1.54, 1.807) is 0 Å². The Morgan fingerprint density at radius 1 is 1.06 bits per heavy atom. The molecule has 0 heterocycles. The van der Waals surface area contributed by atoms with Crippen molar-refractivity contribution < 1.29 is 4.79 Å². The summed E-state index contributed by atoms with van der Waals surface area (Å²) in [6.07, 6.45) is 1.00. The molecule has 1 atom stereocenters. The van der Waals surface area contributed by atoms with Crippen LogP contribution in [0.3, 0.4) is 0 Å². The number of aryl methyl sites for hydroxylation is 1. The summed E-state index contributed by atoms with van der Waals surface area (Å²) in [4.78, 5) is 11.4. The predicted octanol–water partition coefficient (Wildman–Crippen LogP) is 3.37. The molecule has 1 unspecified atom stereocenters. The van der Waals surface area contributed by atoms with Crippen LogP contribution in [0.4, 0.5) is 5.69 Å². The van der Waals surface area contributed by atoms with Gasteiger partial charge in [-0.3, -0.25) is 0 Å². The van der Waals surface area contributed by atoms with E-state index >= 15 is 0 Å². The number of aldehydes is 1. The second kappa shape index (κ2) is 5.50. The fraction of sp³-hybridized carbons (Fsp3) is 0.188. The molecule has 0 aliphatic rings. The summed E-state index contributed by atoms with van der Waals surface area (Å²) >= 11 is 0. The zero-order chi connectivity index (χ0) is 13.0. The van der Waals surface area contributed by atoms with Gasteiger partial charge in [0.25, 0.3) is 0 Å². The third kappa shape index (κ3) is 2.43. The number of hydrogen-bond donors (Lipinski definition) is 1. The van der Waals surface area contributed by atoms with Crippen molar-refractivity contribution in [2.45, 2.75) is 12.8 Å². The van der Waals surface area contributed by atoms with Crippen LogP contribution in [0.25, 0.3) is 0 Å². The molecular weight excluding hydrogens is 222 g/mol. The Morgan fingerprint density at radius 3 is 2.33 bits per heavy atom. The lowest BCUT2D eigenvalue weighted by molar-refractivity contribution is -0.108. The molecule has 0 aromatic heterocycles. The average Bonchev–Trinajstić information content (AvgIpc) is 2.42. The highest BCUT2D eigenvalue weighted by Gasteiger charge is 2.15. The zero-order valence-corrected chi connectivity index (χ0v) is 10.7. The first-order valence-electron chi connectivity index (χ1n) is 6.05. The second-order valence-electron chi connectivity index (χ2n) is 4.36. The Hall–Kier alpha value is -2.09. The molecule has 0 aliphatic carbocycles. The van der Waals surface area contributed by atoms with Gasteiger partial charge in [0.15, 0.2) is 0 Å². The average molecular weight is 239 g/mol. The van der Waals surface area contributed by atoms with Gasteiger partial charge in [-0.25, -0.2) is 0 Å². The van der Waals surface area contributed by atoms with Crippen LogP contribution < -0.4 is 5.32 Å². The summed E-state index contributed by atoms with van der Waals surface area (Å²) in [5.41, 5.74) is 4.23. The van der Waals surface area contributed by atoms with Crippen molar-refractivity contribution in [1.29, 1.82) is 0 Å². The minimum Gasteiger partial charge on any atom is -0.388 e. The van der Waals surface area contributed by atoms with Gasteiger partial charge < -0.3 is 10.1 Å². The van der Waals surface area contributed by atoms with E-state index in [9.17, 15) is 4.79 Å². The van der Waals surface area contributed by atoms with Crippen molar-refractivity contribution in [2.75, 3.05) is 12.4 Å². The molecule has 92 valence electrons. The lowest BCUT2D eigenvalue weighted by Crippen LogP contribution is -2.06. The lowest BCUT2D eigenvalue weighted by Gasteiger charge is -2.15. The smallest absolute Gasteiger partial charge is 0.131 e. The van der Waals surface area contributed by atoms with E-state index in [1.807, 2.05) is 62.5 Å². The first-order valence-corrected chi connectivity index (χ1v) is 6.05. The van der Waals surface area contributed by atoms with Crippen LogP contribution >= 0.6 is 0 Å². The predicted molar refractivity (Wildman–Crippen MR) is 75.1 cm³/mol. The number of hydrogen-bond acceptors (Lipinski definition) is 2. The number of rotatable bonds is 4. The van der Waals surface area contributed by atoms with Crippen LogP contribution in [-0.4, -0.2) is 13.3 Å².